The van der Waals surface area contributed by atoms with Crippen molar-refractivity contribution in [2.24, 2.45) is 0 Å². The predicted molar refractivity (Wildman–Crippen MR) is 111 cm³/mol. The molecule has 0 aliphatic carbocycles. The maximum atomic E-state index is 9.97. The number of aromatic amines is 1. The number of H-pyrrole nitrogens is 1. The summed E-state index contributed by atoms with van der Waals surface area (Å²) in [5.41, 5.74) is 3.63. The fourth-order valence-electron chi connectivity index (χ4n) is 3.02. The second kappa shape index (κ2) is 8.06. The fraction of sp³-hybridized carbons (Fsp3) is 0.190. The number of hydrogen-bond donors (Lipinski definition) is 4. The number of rotatable bonds is 7. The van der Waals surface area contributed by atoms with Gasteiger partial charge in [-0.3, -0.25) is 5.10 Å². The Hall–Kier alpha value is -3.45. The lowest BCUT2D eigenvalue weighted by Crippen LogP contribution is -2.17. The molecule has 0 bridgehead atoms. The SMILES string of the molecule is CCCC(O)Nc1cccc(-c2nccc(Nc3ccc4[nH]ncc4c3)n2)c1. The van der Waals surface area contributed by atoms with Crippen LogP contribution in [0.2, 0.25) is 0 Å². The van der Waals surface area contributed by atoms with E-state index in [9.17, 15) is 5.11 Å². The Bertz CT molecular complexity index is 1080. The molecule has 2 aromatic carbocycles. The molecule has 28 heavy (non-hydrogen) atoms. The molecule has 0 saturated heterocycles. The normalized spacial score (nSPS) is 12.1. The van der Waals surface area contributed by atoms with Crippen LogP contribution >= 0.6 is 0 Å². The molecule has 4 aromatic rings. The van der Waals surface area contributed by atoms with Crippen LogP contribution in [0.15, 0.2) is 60.9 Å². The number of aliphatic hydroxyl groups is 1. The summed E-state index contributed by atoms with van der Waals surface area (Å²) < 4.78 is 0. The molecule has 2 aromatic heterocycles. The van der Waals surface area contributed by atoms with Crippen LogP contribution in [0.25, 0.3) is 22.3 Å². The summed E-state index contributed by atoms with van der Waals surface area (Å²) in [6.07, 6.45) is 4.56. The number of anilines is 3. The molecule has 1 unspecified atom stereocenters. The molecule has 0 spiro atoms. The topological polar surface area (TPSA) is 98.8 Å². The molecule has 0 saturated carbocycles. The molecular weight excluding hydrogens is 352 g/mol. The van der Waals surface area contributed by atoms with Crippen LogP contribution in [0.5, 0.6) is 0 Å². The number of hydrogen-bond acceptors (Lipinski definition) is 6. The number of nitrogens with one attached hydrogen (secondary N) is 3. The van der Waals surface area contributed by atoms with E-state index in [1.165, 1.54) is 0 Å². The van der Waals surface area contributed by atoms with Crippen molar-refractivity contribution in [3.05, 3.63) is 60.9 Å². The Balaban J connectivity index is 1.54. The summed E-state index contributed by atoms with van der Waals surface area (Å²) in [5.74, 6) is 1.32. The molecule has 0 radical (unpaired) electrons. The quantitative estimate of drug-likeness (QED) is 0.360. The zero-order valence-electron chi connectivity index (χ0n) is 15.6. The Morgan fingerprint density at radius 2 is 2.04 bits per heavy atom. The van der Waals surface area contributed by atoms with Crippen LogP contribution in [0, 0.1) is 0 Å². The molecule has 0 aliphatic rings. The highest BCUT2D eigenvalue weighted by atomic mass is 16.3. The van der Waals surface area contributed by atoms with Crippen molar-refractivity contribution in [3.8, 4) is 11.4 Å². The van der Waals surface area contributed by atoms with Crippen molar-refractivity contribution in [2.75, 3.05) is 10.6 Å². The number of fused-ring (bicyclic) bond motifs is 1. The van der Waals surface area contributed by atoms with Crippen LogP contribution < -0.4 is 10.6 Å². The monoisotopic (exact) mass is 374 g/mol. The molecule has 7 heteroatoms. The van der Waals surface area contributed by atoms with Gasteiger partial charge in [-0.2, -0.15) is 5.10 Å². The minimum atomic E-state index is -0.563. The maximum absolute atomic E-state index is 9.97. The van der Waals surface area contributed by atoms with Crippen LogP contribution in [-0.4, -0.2) is 31.5 Å². The maximum Gasteiger partial charge on any atom is 0.161 e. The van der Waals surface area contributed by atoms with Crippen LogP contribution in [-0.2, 0) is 0 Å². The third-order valence-electron chi connectivity index (χ3n) is 4.38. The molecule has 4 rings (SSSR count). The van der Waals surface area contributed by atoms with Gasteiger partial charge in [0.1, 0.15) is 12.0 Å². The summed E-state index contributed by atoms with van der Waals surface area (Å²) in [6.45, 7) is 2.04. The van der Waals surface area contributed by atoms with Crippen molar-refractivity contribution in [3.63, 3.8) is 0 Å². The van der Waals surface area contributed by atoms with Crippen molar-refractivity contribution in [1.29, 1.82) is 0 Å². The molecule has 0 aliphatic heterocycles. The van der Waals surface area contributed by atoms with E-state index in [2.05, 4.69) is 30.8 Å². The van der Waals surface area contributed by atoms with Gasteiger partial charge >= 0.3 is 0 Å². The second-order valence-corrected chi connectivity index (χ2v) is 6.59. The highest BCUT2D eigenvalue weighted by molar-refractivity contribution is 5.82. The molecule has 4 N–H and O–H groups in total. The van der Waals surface area contributed by atoms with Crippen molar-refractivity contribution >= 4 is 28.1 Å². The first-order valence-electron chi connectivity index (χ1n) is 9.29. The fourth-order valence-corrected chi connectivity index (χ4v) is 3.02. The molecule has 142 valence electrons. The summed E-state index contributed by atoms with van der Waals surface area (Å²) in [6, 6.07) is 15.5. The predicted octanol–water partition coefficient (Wildman–Crippen LogP) is 4.29. The minimum Gasteiger partial charge on any atom is -0.374 e. The smallest absolute Gasteiger partial charge is 0.161 e. The Morgan fingerprint density at radius 1 is 1.11 bits per heavy atom. The van der Waals surface area contributed by atoms with Crippen molar-refractivity contribution in [1.82, 2.24) is 20.2 Å². The van der Waals surface area contributed by atoms with Gasteiger partial charge in [-0.15, -0.1) is 0 Å². The van der Waals surface area contributed by atoms with E-state index in [-0.39, 0.29) is 0 Å². The lowest BCUT2D eigenvalue weighted by molar-refractivity contribution is 0.192. The summed E-state index contributed by atoms with van der Waals surface area (Å²) in [7, 11) is 0. The van der Waals surface area contributed by atoms with Gasteiger partial charge in [0.05, 0.1) is 11.7 Å². The summed E-state index contributed by atoms with van der Waals surface area (Å²) in [4.78, 5) is 9.02. The van der Waals surface area contributed by atoms with Crippen molar-refractivity contribution in [2.45, 2.75) is 26.0 Å². The van der Waals surface area contributed by atoms with Crippen LogP contribution in [0.1, 0.15) is 19.8 Å². The Morgan fingerprint density at radius 3 is 2.93 bits per heavy atom. The number of aromatic nitrogens is 4. The molecular formula is C21H22N6O. The van der Waals surface area contributed by atoms with Gasteiger partial charge in [0.15, 0.2) is 5.82 Å². The Labute approximate surface area is 162 Å². The average molecular weight is 374 g/mol. The van der Waals surface area contributed by atoms with E-state index in [0.717, 1.165) is 34.3 Å². The first-order valence-corrected chi connectivity index (χ1v) is 9.29. The largest absolute Gasteiger partial charge is 0.374 e. The Kier molecular flexibility index (Phi) is 5.16. The standard InChI is InChI=1S/C21H22N6O/c1-2-4-20(28)25-16-6-3-5-14(11-16)21-22-10-9-19(26-21)24-17-7-8-18-15(12-17)13-23-27-18/h3,5-13,20,25,28H,2,4H2,1H3,(H,23,27)(H,22,24,26). The third kappa shape index (κ3) is 4.10. The van der Waals surface area contributed by atoms with E-state index in [4.69, 9.17) is 0 Å². The number of benzene rings is 2. The van der Waals surface area contributed by atoms with Crippen LogP contribution in [0.4, 0.5) is 17.2 Å². The molecule has 7 nitrogen and oxygen atoms in total. The van der Waals surface area contributed by atoms with Gasteiger partial charge in [-0.05, 0) is 42.8 Å². The third-order valence-corrected chi connectivity index (χ3v) is 4.38. The van der Waals surface area contributed by atoms with E-state index in [0.29, 0.717) is 18.1 Å². The van der Waals surface area contributed by atoms with Gasteiger partial charge in [-0.25, -0.2) is 9.97 Å². The summed E-state index contributed by atoms with van der Waals surface area (Å²) >= 11 is 0. The lowest BCUT2D eigenvalue weighted by Gasteiger charge is -2.14. The first-order chi connectivity index (χ1) is 13.7. The van der Waals surface area contributed by atoms with Gasteiger partial charge in [0, 0.05) is 28.5 Å². The van der Waals surface area contributed by atoms with E-state index in [1.54, 1.807) is 12.4 Å². The van der Waals surface area contributed by atoms with E-state index < -0.39 is 6.23 Å². The second-order valence-electron chi connectivity index (χ2n) is 6.59. The number of nitrogens with zero attached hydrogens (tertiary/aromatic N) is 3. The van der Waals surface area contributed by atoms with E-state index in [1.807, 2.05) is 55.5 Å². The van der Waals surface area contributed by atoms with Gasteiger partial charge in [0.25, 0.3) is 0 Å². The van der Waals surface area contributed by atoms with Gasteiger partial charge < -0.3 is 15.7 Å². The zero-order chi connectivity index (χ0) is 19.3. The molecule has 0 fully saturated rings. The first kappa shape index (κ1) is 17.9. The van der Waals surface area contributed by atoms with Gasteiger partial charge in [0.2, 0.25) is 0 Å². The molecule has 0 amide bonds. The van der Waals surface area contributed by atoms with Crippen LogP contribution in [0.3, 0.4) is 0 Å². The highest BCUT2D eigenvalue weighted by Gasteiger charge is 2.07. The molecule has 1 atom stereocenters. The van der Waals surface area contributed by atoms with E-state index >= 15 is 0 Å². The highest BCUT2D eigenvalue weighted by Crippen LogP contribution is 2.23. The zero-order valence-corrected chi connectivity index (χ0v) is 15.6. The van der Waals surface area contributed by atoms with Gasteiger partial charge in [-0.1, -0.05) is 25.5 Å². The van der Waals surface area contributed by atoms with Crippen molar-refractivity contribution < 1.29 is 5.11 Å². The molecule has 2 heterocycles. The minimum absolute atomic E-state index is 0.563. The lowest BCUT2D eigenvalue weighted by atomic mass is 10.1. The number of aliphatic hydroxyl groups excluding tert-OH is 1. The average Bonchev–Trinajstić information content (AvgIpc) is 3.16. The summed E-state index contributed by atoms with van der Waals surface area (Å²) in [5, 5.41) is 24.4.